The number of halogens is 1. The molecule has 0 radical (unpaired) electrons. The van der Waals surface area contributed by atoms with Gasteiger partial charge in [-0.15, -0.1) is 0 Å². The van der Waals surface area contributed by atoms with Gasteiger partial charge in [-0.3, -0.25) is 9.78 Å². The predicted molar refractivity (Wildman–Crippen MR) is 62.7 cm³/mol. The highest BCUT2D eigenvalue weighted by atomic mass is 35.5. The summed E-state index contributed by atoms with van der Waals surface area (Å²) in [7, 11) is 0. The Kier molecular flexibility index (Phi) is 1.91. The largest absolute Gasteiger partial charge is 0.319 e. The third-order valence-corrected chi connectivity index (χ3v) is 2.74. The second-order valence-electron chi connectivity index (χ2n) is 3.37. The first-order chi connectivity index (χ1) is 7.77. The molecule has 78 valence electrons. The molecule has 0 aliphatic rings. The van der Waals surface area contributed by atoms with Crippen molar-refractivity contribution in [3.05, 3.63) is 46.0 Å². The number of fused-ring (bicyclic) bond motifs is 3. The number of hydrogen-bond donors (Lipinski definition) is 1. The Morgan fingerprint density at radius 2 is 1.88 bits per heavy atom. The highest BCUT2D eigenvalue weighted by Gasteiger charge is 2.08. The van der Waals surface area contributed by atoms with Crippen molar-refractivity contribution in [2.24, 2.45) is 0 Å². The Morgan fingerprint density at radius 1 is 1.12 bits per heavy atom. The SMILES string of the molecule is O=c1[nH]c2c(Cl)cccc2c2nccnc12. The fraction of sp³-hybridized carbons (Fsp3) is 0. The average Bonchev–Trinajstić information content (AvgIpc) is 2.31. The third-order valence-electron chi connectivity index (χ3n) is 2.42. The molecule has 0 bridgehead atoms. The van der Waals surface area contributed by atoms with E-state index in [1.807, 2.05) is 12.1 Å². The van der Waals surface area contributed by atoms with E-state index in [9.17, 15) is 4.79 Å². The zero-order chi connectivity index (χ0) is 11.1. The monoisotopic (exact) mass is 231 g/mol. The van der Waals surface area contributed by atoms with E-state index in [1.165, 1.54) is 6.20 Å². The summed E-state index contributed by atoms with van der Waals surface area (Å²) in [4.78, 5) is 22.6. The summed E-state index contributed by atoms with van der Waals surface area (Å²) in [6.45, 7) is 0. The summed E-state index contributed by atoms with van der Waals surface area (Å²) in [6, 6.07) is 5.40. The van der Waals surface area contributed by atoms with E-state index in [0.29, 0.717) is 21.6 Å². The first kappa shape index (κ1) is 9.30. The molecule has 3 rings (SSSR count). The summed E-state index contributed by atoms with van der Waals surface area (Å²) < 4.78 is 0. The lowest BCUT2D eigenvalue weighted by atomic mass is 10.2. The number of benzene rings is 1. The van der Waals surface area contributed by atoms with Gasteiger partial charge in [0.1, 0.15) is 5.52 Å². The zero-order valence-electron chi connectivity index (χ0n) is 8.07. The van der Waals surface area contributed by atoms with Gasteiger partial charge in [-0.05, 0) is 6.07 Å². The van der Waals surface area contributed by atoms with Crippen LogP contribution in [-0.2, 0) is 0 Å². The van der Waals surface area contributed by atoms with Crippen LogP contribution in [0.3, 0.4) is 0 Å². The molecule has 0 aliphatic heterocycles. The molecule has 4 nitrogen and oxygen atoms in total. The standard InChI is InChI=1S/C11H6ClN3O/c12-7-3-1-2-6-8(7)15-11(16)10-9(6)13-4-5-14-10/h1-5H,(H,15,16). The topological polar surface area (TPSA) is 58.6 Å². The highest BCUT2D eigenvalue weighted by Crippen LogP contribution is 2.23. The summed E-state index contributed by atoms with van der Waals surface area (Å²) in [6.07, 6.45) is 3.05. The van der Waals surface area contributed by atoms with Crippen LogP contribution in [-0.4, -0.2) is 15.0 Å². The van der Waals surface area contributed by atoms with E-state index >= 15 is 0 Å². The molecule has 0 spiro atoms. The van der Waals surface area contributed by atoms with Crippen LogP contribution in [0.25, 0.3) is 21.9 Å². The molecule has 0 saturated heterocycles. The lowest BCUT2D eigenvalue weighted by Gasteiger charge is -2.02. The number of rotatable bonds is 0. The lowest BCUT2D eigenvalue weighted by Crippen LogP contribution is -2.08. The van der Waals surface area contributed by atoms with Gasteiger partial charge in [0.2, 0.25) is 0 Å². The van der Waals surface area contributed by atoms with Gasteiger partial charge in [0.25, 0.3) is 5.56 Å². The van der Waals surface area contributed by atoms with Crippen molar-refractivity contribution < 1.29 is 0 Å². The van der Waals surface area contributed by atoms with Gasteiger partial charge in [-0.2, -0.15) is 0 Å². The van der Waals surface area contributed by atoms with Gasteiger partial charge in [0, 0.05) is 17.8 Å². The van der Waals surface area contributed by atoms with Crippen molar-refractivity contribution in [2.45, 2.75) is 0 Å². The predicted octanol–water partition coefficient (Wildman–Crippen LogP) is 2.12. The first-order valence-corrected chi connectivity index (χ1v) is 5.06. The molecule has 0 atom stereocenters. The number of pyridine rings is 1. The maximum Gasteiger partial charge on any atom is 0.276 e. The Labute approximate surface area is 94.9 Å². The van der Waals surface area contributed by atoms with Crippen LogP contribution in [0.2, 0.25) is 5.02 Å². The maximum absolute atomic E-state index is 11.7. The maximum atomic E-state index is 11.7. The Balaban J connectivity index is 2.70. The van der Waals surface area contributed by atoms with Crippen LogP contribution in [0, 0.1) is 0 Å². The van der Waals surface area contributed by atoms with Crippen molar-refractivity contribution in [1.82, 2.24) is 15.0 Å². The molecule has 0 amide bonds. The smallest absolute Gasteiger partial charge is 0.276 e. The molecule has 0 fully saturated rings. The molecule has 16 heavy (non-hydrogen) atoms. The van der Waals surface area contributed by atoms with E-state index < -0.39 is 0 Å². The molecule has 1 N–H and O–H groups in total. The van der Waals surface area contributed by atoms with Gasteiger partial charge < -0.3 is 4.98 Å². The lowest BCUT2D eigenvalue weighted by molar-refractivity contribution is 1.24. The number of para-hydroxylation sites is 1. The van der Waals surface area contributed by atoms with E-state index in [2.05, 4.69) is 15.0 Å². The number of aromatic amines is 1. The van der Waals surface area contributed by atoms with Crippen molar-refractivity contribution in [3.63, 3.8) is 0 Å². The number of nitrogens with one attached hydrogen (secondary N) is 1. The molecule has 2 heterocycles. The molecule has 2 aromatic heterocycles. The first-order valence-electron chi connectivity index (χ1n) is 4.68. The molecule has 1 aromatic carbocycles. The van der Waals surface area contributed by atoms with Crippen LogP contribution in [0.15, 0.2) is 35.4 Å². The van der Waals surface area contributed by atoms with Crippen molar-refractivity contribution >= 4 is 33.5 Å². The van der Waals surface area contributed by atoms with Crippen molar-refractivity contribution in [3.8, 4) is 0 Å². The molecule has 5 heteroatoms. The molecule has 0 aliphatic carbocycles. The number of hydrogen-bond acceptors (Lipinski definition) is 3. The Morgan fingerprint density at radius 3 is 2.69 bits per heavy atom. The average molecular weight is 232 g/mol. The van der Waals surface area contributed by atoms with Crippen molar-refractivity contribution in [2.75, 3.05) is 0 Å². The molecule has 0 unspecified atom stereocenters. The minimum atomic E-state index is -0.274. The Hall–Kier alpha value is -1.94. The third kappa shape index (κ3) is 1.20. The van der Waals surface area contributed by atoms with E-state index in [4.69, 9.17) is 11.6 Å². The van der Waals surface area contributed by atoms with Gasteiger partial charge in [0.15, 0.2) is 5.52 Å². The number of nitrogens with zero attached hydrogens (tertiary/aromatic N) is 2. The molecular formula is C11H6ClN3O. The second kappa shape index (κ2) is 3.28. The minimum Gasteiger partial charge on any atom is -0.319 e. The van der Waals surface area contributed by atoms with E-state index in [0.717, 1.165) is 5.39 Å². The van der Waals surface area contributed by atoms with Crippen LogP contribution < -0.4 is 5.56 Å². The molecule has 0 saturated carbocycles. The summed E-state index contributed by atoms with van der Waals surface area (Å²) in [5, 5.41) is 1.30. The van der Waals surface area contributed by atoms with Gasteiger partial charge in [-0.25, -0.2) is 4.98 Å². The fourth-order valence-corrected chi connectivity index (χ4v) is 1.94. The Bertz CT molecular complexity index is 751. The summed E-state index contributed by atoms with van der Waals surface area (Å²) in [5.41, 5.74) is 1.23. The fourth-order valence-electron chi connectivity index (χ4n) is 1.72. The van der Waals surface area contributed by atoms with Gasteiger partial charge in [-0.1, -0.05) is 23.7 Å². The van der Waals surface area contributed by atoms with Crippen LogP contribution in [0.5, 0.6) is 0 Å². The second-order valence-corrected chi connectivity index (χ2v) is 3.78. The molecule has 3 aromatic rings. The molecular weight excluding hydrogens is 226 g/mol. The van der Waals surface area contributed by atoms with Crippen LogP contribution in [0.4, 0.5) is 0 Å². The van der Waals surface area contributed by atoms with Gasteiger partial charge in [0.05, 0.1) is 10.5 Å². The summed E-state index contributed by atoms with van der Waals surface area (Å²) >= 11 is 6.01. The van der Waals surface area contributed by atoms with Gasteiger partial charge >= 0.3 is 0 Å². The summed E-state index contributed by atoms with van der Waals surface area (Å²) in [5.74, 6) is 0. The minimum absolute atomic E-state index is 0.274. The van der Waals surface area contributed by atoms with E-state index in [-0.39, 0.29) is 5.56 Å². The number of aromatic nitrogens is 3. The zero-order valence-corrected chi connectivity index (χ0v) is 8.82. The highest BCUT2D eigenvalue weighted by molar-refractivity contribution is 6.35. The quantitative estimate of drug-likeness (QED) is 0.603. The van der Waals surface area contributed by atoms with Crippen LogP contribution >= 0.6 is 11.6 Å². The van der Waals surface area contributed by atoms with Crippen molar-refractivity contribution in [1.29, 1.82) is 0 Å². The normalized spacial score (nSPS) is 11.1. The van der Waals surface area contributed by atoms with Crippen LogP contribution in [0.1, 0.15) is 0 Å². The van der Waals surface area contributed by atoms with E-state index in [1.54, 1.807) is 12.3 Å². The number of H-pyrrole nitrogens is 1.